The number of piperidine rings is 1. The molecule has 1 fully saturated rings. The fourth-order valence-corrected chi connectivity index (χ4v) is 5.33. The van der Waals surface area contributed by atoms with Crippen LogP contribution in [-0.2, 0) is 6.42 Å². The minimum absolute atomic E-state index is 0.740. The average Bonchev–Trinajstić information content (AvgIpc) is 2.95. The lowest BCUT2D eigenvalue weighted by Crippen LogP contribution is -2.33. The summed E-state index contributed by atoms with van der Waals surface area (Å²) in [4.78, 5) is 2.51. The Morgan fingerprint density at radius 1 is 0.757 bits per heavy atom. The fraction of sp³-hybridized carbons (Fsp3) is 0.333. The zero-order valence-electron chi connectivity index (χ0n) is 22.3. The summed E-state index contributed by atoms with van der Waals surface area (Å²) in [7, 11) is 3.45. The van der Waals surface area contributed by atoms with Crippen LogP contribution in [0.2, 0.25) is 0 Å². The van der Waals surface area contributed by atoms with Crippen molar-refractivity contribution < 1.29 is 14.2 Å². The first-order valence-corrected chi connectivity index (χ1v) is 13.3. The molecule has 37 heavy (non-hydrogen) atoms. The summed E-state index contributed by atoms with van der Waals surface area (Å²) < 4.78 is 17.2. The minimum atomic E-state index is 0.740. The number of likely N-dealkylation sites (tertiary alicyclic amines) is 1. The van der Waals surface area contributed by atoms with E-state index in [1.165, 1.54) is 59.8 Å². The van der Waals surface area contributed by atoms with Gasteiger partial charge in [0, 0.05) is 6.54 Å². The van der Waals surface area contributed by atoms with Crippen LogP contribution in [0.1, 0.15) is 36.0 Å². The van der Waals surface area contributed by atoms with Gasteiger partial charge in [0.05, 0.1) is 14.2 Å². The molecule has 0 N–H and O–H groups in total. The second kappa shape index (κ2) is 11.7. The van der Waals surface area contributed by atoms with E-state index in [0.717, 1.165) is 47.9 Å². The van der Waals surface area contributed by atoms with Crippen molar-refractivity contribution >= 4 is 10.8 Å². The van der Waals surface area contributed by atoms with Crippen molar-refractivity contribution in [2.24, 2.45) is 0 Å². The first-order valence-electron chi connectivity index (χ1n) is 13.3. The molecule has 0 unspecified atom stereocenters. The highest BCUT2D eigenvalue weighted by Crippen LogP contribution is 2.36. The molecule has 0 atom stereocenters. The predicted octanol–water partition coefficient (Wildman–Crippen LogP) is 7.29. The van der Waals surface area contributed by atoms with Gasteiger partial charge in [0.15, 0.2) is 0 Å². The molecule has 0 amide bonds. The Balaban J connectivity index is 1.41. The van der Waals surface area contributed by atoms with Gasteiger partial charge in [-0.2, -0.15) is 0 Å². The van der Waals surface area contributed by atoms with E-state index in [1.54, 1.807) is 14.2 Å². The molecule has 0 aromatic heterocycles. The number of nitrogens with zero attached hydrogens (tertiary/aromatic N) is 1. The molecule has 1 saturated heterocycles. The smallest absolute Gasteiger partial charge is 0.122 e. The first-order chi connectivity index (χ1) is 18.1. The lowest BCUT2D eigenvalue weighted by atomic mass is 9.89. The third-order valence-electron chi connectivity index (χ3n) is 7.49. The Morgan fingerprint density at radius 3 is 2.30 bits per heavy atom. The van der Waals surface area contributed by atoms with Gasteiger partial charge >= 0.3 is 0 Å². The number of methoxy groups -OCH3 is 2. The molecule has 4 aromatic carbocycles. The van der Waals surface area contributed by atoms with E-state index in [4.69, 9.17) is 14.2 Å². The second-order valence-electron chi connectivity index (χ2n) is 9.93. The molecule has 192 valence electrons. The molecule has 4 heteroatoms. The summed E-state index contributed by atoms with van der Waals surface area (Å²) in [6, 6.07) is 25.8. The van der Waals surface area contributed by atoms with Crippen LogP contribution in [0, 0.1) is 6.92 Å². The van der Waals surface area contributed by atoms with E-state index in [9.17, 15) is 0 Å². The highest BCUT2D eigenvalue weighted by Gasteiger charge is 2.14. The Kier molecular flexibility index (Phi) is 7.96. The summed E-state index contributed by atoms with van der Waals surface area (Å²) in [5.74, 6) is 2.71. The van der Waals surface area contributed by atoms with Crippen LogP contribution in [0.5, 0.6) is 17.2 Å². The van der Waals surface area contributed by atoms with Gasteiger partial charge in [-0.05, 0) is 108 Å². The summed E-state index contributed by atoms with van der Waals surface area (Å²) in [6.07, 6.45) is 4.81. The van der Waals surface area contributed by atoms with Gasteiger partial charge in [0.25, 0.3) is 0 Å². The molecule has 0 spiro atoms. The van der Waals surface area contributed by atoms with Crippen LogP contribution < -0.4 is 14.2 Å². The molecule has 4 nitrogen and oxygen atoms in total. The quantitative estimate of drug-likeness (QED) is 0.244. The Morgan fingerprint density at radius 2 is 1.54 bits per heavy atom. The normalized spacial score (nSPS) is 14.0. The van der Waals surface area contributed by atoms with Gasteiger partial charge < -0.3 is 14.2 Å². The van der Waals surface area contributed by atoms with E-state index < -0.39 is 0 Å². The molecule has 0 saturated carbocycles. The van der Waals surface area contributed by atoms with Gasteiger partial charge in [0.2, 0.25) is 0 Å². The maximum atomic E-state index is 6.07. The summed E-state index contributed by atoms with van der Waals surface area (Å²) in [5.41, 5.74) is 6.07. The highest BCUT2D eigenvalue weighted by atomic mass is 16.5. The first kappa shape index (κ1) is 25.2. The van der Waals surface area contributed by atoms with Crippen molar-refractivity contribution in [3.05, 3.63) is 89.5 Å². The van der Waals surface area contributed by atoms with Crippen molar-refractivity contribution in [2.45, 2.75) is 32.6 Å². The maximum absolute atomic E-state index is 6.07. The standard InChI is InChI=1S/C33H37NO3/c1-24-7-10-27(23-33(24)36-3)30-15-11-26-22-29(35-2)14-16-31(26)32(30)21-25-8-12-28(13-9-25)37-20-19-34-17-5-4-6-18-34/h7-16,22-23H,4-6,17-21H2,1-3H3. The Hall–Kier alpha value is -3.50. The van der Waals surface area contributed by atoms with E-state index >= 15 is 0 Å². The molecule has 0 aliphatic carbocycles. The van der Waals surface area contributed by atoms with Crippen LogP contribution in [0.3, 0.4) is 0 Å². The van der Waals surface area contributed by atoms with E-state index in [0.29, 0.717) is 0 Å². The summed E-state index contributed by atoms with van der Waals surface area (Å²) >= 11 is 0. The zero-order chi connectivity index (χ0) is 25.6. The molecule has 0 radical (unpaired) electrons. The summed E-state index contributed by atoms with van der Waals surface area (Å²) in [5, 5.41) is 2.41. The van der Waals surface area contributed by atoms with Crippen LogP contribution in [0.15, 0.2) is 72.8 Å². The zero-order valence-corrected chi connectivity index (χ0v) is 22.3. The number of aryl methyl sites for hydroxylation is 1. The Labute approximate surface area is 220 Å². The van der Waals surface area contributed by atoms with Gasteiger partial charge in [-0.25, -0.2) is 0 Å². The number of hydrogen-bond acceptors (Lipinski definition) is 4. The summed E-state index contributed by atoms with van der Waals surface area (Å²) in [6.45, 7) is 6.23. The van der Waals surface area contributed by atoms with Crippen molar-refractivity contribution in [3.8, 4) is 28.4 Å². The van der Waals surface area contributed by atoms with Crippen molar-refractivity contribution in [1.29, 1.82) is 0 Å². The molecule has 1 heterocycles. The molecule has 1 aliphatic heterocycles. The topological polar surface area (TPSA) is 30.9 Å². The third-order valence-corrected chi connectivity index (χ3v) is 7.49. The van der Waals surface area contributed by atoms with Crippen molar-refractivity contribution in [1.82, 2.24) is 4.90 Å². The molecule has 4 aromatic rings. The molecular formula is C33H37NO3. The number of ether oxygens (including phenoxy) is 3. The molecule has 5 rings (SSSR count). The number of rotatable bonds is 9. The fourth-order valence-electron chi connectivity index (χ4n) is 5.33. The average molecular weight is 496 g/mol. The molecule has 1 aliphatic rings. The lowest BCUT2D eigenvalue weighted by Gasteiger charge is -2.26. The third kappa shape index (κ3) is 5.91. The SMILES string of the molecule is COc1ccc2c(Cc3ccc(OCCN4CCCCC4)cc3)c(-c3ccc(C)c(OC)c3)ccc2c1. The predicted molar refractivity (Wildman–Crippen MR) is 152 cm³/mol. The number of fused-ring (bicyclic) bond motifs is 1. The van der Waals surface area contributed by atoms with Gasteiger partial charge in [-0.3, -0.25) is 4.90 Å². The van der Waals surface area contributed by atoms with Gasteiger partial charge in [-0.15, -0.1) is 0 Å². The minimum Gasteiger partial charge on any atom is -0.497 e. The van der Waals surface area contributed by atoms with Crippen molar-refractivity contribution in [2.75, 3.05) is 40.5 Å². The number of benzene rings is 4. The van der Waals surface area contributed by atoms with Crippen LogP contribution in [-0.4, -0.2) is 45.4 Å². The maximum Gasteiger partial charge on any atom is 0.122 e. The molecule has 0 bridgehead atoms. The van der Waals surface area contributed by atoms with Gasteiger partial charge in [0.1, 0.15) is 23.9 Å². The van der Waals surface area contributed by atoms with E-state index in [1.807, 2.05) is 6.07 Å². The molecular weight excluding hydrogens is 458 g/mol. The largest absolute Gasteiger partial charge is 0.497 e. The number of hydrogen-bond donors (Lipinski definition) is 0. The van der Waals surface area contributed by atoms with Crippen LogP contribution in [0.25, 0.3) is 21.9 Å². The Bertz CT molecular complexity index is 1340. The second-order valence-corrected chi connectivity index (χ2v) is 9.93. The van der Waals surface area contributed by atoms with Crippen LogP contribution >= 0.6 is 0 Å². The highest BCUT2D eigenvalue weighted by molar-refractivity contribution is 5.93. The lowest BCUT2D eigenvalue weighted by molar-refractivity contribution is 0.183. The monoisotopic (exact) mass is 495 g/mol. The van der Waals surface area contributed by atoms with Crippen LogP contribution in [0.4, 0.5) is 0 Å². The van der Waals surface area contributed by atoms with E-state index in [-0.39, 0.29) is 0 Å². The van der Waals surface area contributed by atoms with Gasteiger partial charge in [-0.1, -0.05) is 48.9 Å². The van der Waals surface area contributed by atoms with E-state index in [2.05, 4.69) is 78.6 Å². The van der Waals surface area contributed by atoms with Crippen molar-refractivity contribution in [3.63, 3.8) is 0 Å².